The van der Waals surface area contributed by atoms with Crippen LogP contribution in [0.5, 0.6) is 0 Å². The van der Waals surface area contributed by atoms with E-state index >= 15 is 0 Å². The quantitative estimate of drug-likeness (QED) is 0.241. The maximum Gasteiger partial charge on any atom is 0.169 e. The van der Waals surface area contributed by atoms with E-state index in [1.165, 1.54) is 0 Å². The van der Waals surface area contributed by atoms with Crippen LogP contribution in [-0.4, -0.2) is 48.3 Å². The molecule has 0 aromatic heterocycles. The van der Waals surface area contributed by atoms with Crippen LogP contribution in [0.4, 0.5) is 0 Å². The van der Waals surface area contributed by atoms with Crippen molar-refractivity contribution in [3.8, 4) is 0 Å². The van der Waals surface area contributed by atoms with Gasteiger partial charge in [0.15, 0.2) is 5.84 Å². The van der Waals surface area contributed by atoms with E-state index in [-0.39, 0.29) is 18.0 Å². The van der Waals surface area contributed by atoms with Crippen molar-refractivity contribution in [3.05, 3.63) is 0 Å². The second-order valence-electron chi connectivity index (χ2n) is 3.18. The Balaban J connectivity index is 2.55. The van der Waals surface area contributed by atoms with E-state index in [2.05, 4.69) is 10.1 Å². The fourth-order valence-electron chi connectivity index (χ4n) is 1.39. The van der Waals surface area contributed by atoms with E-state index in [4.69, 9.17) is 15.7 Å². The summed E-state index contributed by atoms with van der Waals surface area (Å²) in [5.41, 5.74) is 5.42. The van der Waals surface area contributed by atoms with Crippen LogP contribution in [-0.2, 0) is 4.74 Å². The average molecular weight is 173 g/mol. The van der Waals surface area contributed by atoms with E-state index < -0.39 is 0 Å². The monoisotopic (exact) mass is 173 g/mol. The van der Waals surface area contributed by atoms with Gasteiger partial charge in [0.2, 0.25) is 0 Å². The summed E-state index contributed by atoms with van der Waals surface area (Å²) < 4.78 is 5.45. The third kappa shape index (κ3) is 2.09. The zero-order chi connectivity index (χ0) is 9.14. The van der Waals surface area contributed by atoms with Gasteiger partial charge in [-0.1, -0.05) is 5.16 Å². The number of hydrogen-bond donors (Lipinski definition) is 2. The van der Waals surface area contributed by atoms with Crippen LogP contribution in [0.3, 0.4) is 0 Å². The zero-order valence-electron chi connectivity index (χ0n) is 7.40. The van der Waals surface area contributed by atoms with Gasteiger partial charge < -0.3 is 20.6 Å². The molecule has 5 heteroatoms. The lowest BCUT2D eigenvalue weighted by Gasteiger charge is -2.33. The summed E-state index contributed by atoms with van der Waals surface area (Å²) in [5.74, 6) is 0.147. The van der Waals surface area contributed by atoms with Crippen molar-refractivity contribution in [1.29, 1.82) is 0 Å². The molecule has 0 aromatic carbocycles. The minimum atomic E-state index is -0.274. The van der Waals surface area contributed by atoms with Crippen LogP contribution in [0.25, 0.3) is 0 Å². The Hall–Kier alpha value is -0.810. The van der Waals surface area contributed by atoms with Crippen LogP contribution >= 0.6 is 0 Å². The molecule has 12 heavy (non-hydrogen) atoms. The van der Waals surface area contributed by atoms with Crippen LogP contribution in [0.1, 0.15) is 6.92 Å². The summed E-state index contributed by atoms with van der Waals surface area (Å²) in [4.78, 5) is 2.09. The number of rotatable bonds is 1. The third-order valence-electron chi connectivity index (χ3n) is 1.89. The number of ether oxygens (including phenoxy) is 1. The van der Waals surface area contributed by atoms with E-state index in [1.54, 1.807) is 0 Å². The van der Waals surface area contributed by atoms with E-state index in [0.29, 0.717) is 6.54 Å². The van der Waals surface area contributed by atoms with E-state index in [0.717, 1.165) is 6.54 Å². The number of oxime groups is 1. The molecule has 0 amide bonds. The normalized spacial score (nSPS) is 33.7. The summed E-state index contributed by atoms with van der Waals surface area (Å²) >= 11 is 0. The number of nitrogens with zero attached hydrogens (tertiary/aromatic N) is 2. The van der Waals surface area contributed by atoms with Crippen molar-refractivity contribution < 1.29 is 9.94 Å². The van der Waals surface area contributed by atoms with Crippen molar-refractivity contribution >= 4 is 5.84 Å². The van der Waals surface area contributed by atoms with Crippen molar-refractivity contribution in [1.82, 2.24) is 4.90 Å². The number of likely N-dealkylation sites (N-methyl/N-ethyl adjacent to an activating group) is 1. The fraction of sp³-hybridized carbons (Fsp3) is 0.857. The Morgan fingerprint density at radius 2 is 2.33 bits per heavy atom. The fourth-order valence-corrected chi connectivity index (χ4v) is 1.39. The predicted molar refractivity (Wildman–Crippen MR) is 45.2 cm³/mol. The SMILES string of the molecule is CC1CN(C)CC(/C(N)=N/O)O1. The van der Waals surface area contributed by atoms with Gasteiger partial charge in [-0.15, -0.1) is 0 Å². The molecule has 1 aliphatic heterocycles. The van der Waals surface area contributed by atoms with Gasteiger partial charge in [0.05, 0.1) is 6.10 Å². The standard InChI is InChI=1S/C7H15N3O2/c1-5-3-10(2)4-6(12-5)7(8)9-11/h5-6,11H,3-4H2,1-2H3,(H2,8,9). The molecule has 1 rings (SSSR count). The van der Waals surface area contributed by atoms with Gasteiger partial charge in [0, 0.05) is 13.1 Å². The van der Waals surface area contributed by atoms with Crippen LogP contribution in [0.2, 0.25) is 0 Å². The molecule has 3 N–H and O–H groups in total. The highest BCUT2D eigenvalue weighted by Crippen LogP contribution is 2.08. The second-order valence-corrected chi connectivity index (χ2v) is 3.18. The van der Waals surface area contributed by atoms with Gasteiger partial charge in [-0.25, -0.2) is 0 Å². The Morgan fingerprint density at radius 3 is 2.83 bits per heavy atom. The Labute approximate surface area is 71.8 Å². The minimum Gasteiger partial charge on any atom is -0.409 e. The summed E-state index contributed by atoms with van der Waals surface area (Å²) in [7, 11) is 1.98. The van der Waals surface area contributed by atoms with Gasteiger partial charge >= 0.3 is 0 Å². The summed E-state index contributed by atoms with van der Waals surface area (Å²) in [6, 6.07) is 0. The molecule has 1 heterocycles. The smallest absolute Gasteiger partial charge is 0.169 e. The first kappa shape index (κ1) is 9.28. The highest BCUT2D eigenvalue weighted by Gasteiger charge is 2.25. The number of hydrogen-bond acceptors (Lipinski definition) is 4. The molecule has 1 saturated heterocycles. The molecule has 0 radical (unpaired) electrons. The molecule has 0 aliphatic carbocycles. The molecule has 2 atom stereocenters. The summed E-state index contributed by atoms with van der Waals surface area (Å²) in [6.07, 6.45) is -0.141. The van der Waals surface area contributed by atoms with Gasteiger partial charge in [0.25, 0.3) is 0 Å². The first-order chi connectivity index (χ1) is 5.63. The molecule has 0 saturated carbocycles. The molecule has 0 bridgehead atoms. The summed E-state index contributed by atoms with van der Waals surface area (Å²) in [5, 5.41) is 11.3. The van der Waals surface area contributed by atoms with Crippen molar-refractivity contribution in [2.45, 2.75) is 19.1 Å². The Morgan fingerprint density at radius 1 is 1.67 bits per heavy atom. The molecule has 5 nitrogen and oxygen atoms in total. The maximum absolute atomic E-state index is 8.42. The molecule has 0 aromatic rings. The molecule has 70 valence electrons. The molecular formula is C7H15N3O2. The maximum atomic E-state index is 8.42. The Kier molecular flexibility index (Phi) is 2.88. The molecule has 1 fully saturated rings. The lowest BCUT2D eigenvalue weighted by molar-refractivity contribution is -0.0392. The topological polar surface area (TPSA) is 71.1 Å². The molecule has 1 aliphatic rings. The van der Waals surface area contributed by atoms with Crippen molar-refractivity contribution in [2.24, 2.45) is 10.9 Å². The van der Waals surface area contributed by atoms with Gasteiger partial charge in [0.1, 0.15) is 6.10 Å². The van der Waals surface area contributed by atoms with Crippen molar-refractivity contribution in [2.75, 3.05) is 20.1 Å². The third-order valence-corrected chi connectivity index (χ3v) is 1.89. The Bertz CT molecular complexity index is 173. The van der Waals surface area contributed by atoms with Crippen molar-refractivity contribution in [3.63, 3.8) is 0 Å². The average Bonchev–Trinajstić information content (AvgIpc) is 2.01. The van der Waals surface area contributed by atoms with Gasteiger partial charge in [-0.3, -0.25) is 0 Å². The van der Waals surface area contributed by atoms with Crippen LogP contribution in [0, 0.1) is 0 Å². The van der Waals surface area contributed by atoms with Crippen LogP contribution in [0.15, 0.2) is 5.16 Å². The highest BCUT2D eigenvalue weighted by molar-refractivity contribution is 5.84. The van der Waals surface area contributed by atoms with E-state index in [9.17, 15) is 0 Å². The molecular weight excluding hydrogens is 158 g/mol. The largest absolute Gasteiger partial charge is 0.409 e. The number of amidine groups is 1. The highest BCUT2D eigenvalue weighted by atomic mass is 16.5. The van der Waals surface area contributed by atoms with Gasteiger partial charge in [-0.05, 0) is 14.0 Å². The van der Waals surface area contributed by atoms with Crippen LogP contribution < -0.4 is 5.73 Å². The van der Waals surface area contributed by atoms with Gasteiger partial charge in [-0.2, -0.15) is 0 Å². The lowest BCUT2D eigenvalue weighted by atomic mass is 10.2. The first-order valence-electron chi connectivity index (χ1n) is 3.95. The van der Waals surface area contributed by atoms with E-state index in [1.807, 2.05) is 14.0 Å². The zero-order valence-corrected chi connectivity index (χ0v) is 7.40. The second kappa shape index (κ2) is 3.73. The predicted octanol–water partition coefficient (Wildman–Crippen LogP) is -0.548. The number of nitrogens with two attached hydrogens (primary N) is 1. The molecule has 2 unspecified atom stereocenters. The summed E-state index contributed by atoms with van der Waals surface area (Å²) in [6.45, 7) is 3.53. The first-order valence-corrected chi connectivity index (χ1v) is 3.95. The number of morpholine rings is 1. The molecule has 0 spiro atoms. The lowest BCUT2D eigenvalue weighted by Crippen LogP contribution is -2.50. The minimum absolute atomic E-state index is 0.133.